The van der Waals surface area contributed by atoms with Crippen LogP contribution in [0.4, 0.5) is 0 Å². The first-order valence-electron chi connectivity index (χ1n) is 9.23. The van der Waals surface area contributed by atoms with Gasteiger partial charge in [-0.2, -0.15) is 0 Å². The van der Waals surface area contributed by atoms with Crippen LogP contribution in [0.3, 0.4) is 0 Å². The zero-order valence-electron chi connectivity index (χ0n) is 15.6. The first-order chi connectivity index (χ1) is 13.2. The molecule has 0 spiro atoms. The maximum Gasteiger partial charge on any atom is 0.247 e. The predicted molar refractivity (Wildman–Crippen MR) is 110 cm³/mol. The number of nitrogens with zero attached hydrogens (tertiary/aromatic N) is 2. The second-order valence-corrected chi connectivity index (χ2v) is 6.47. The molecule has 1 amide bonds. The molecule has 0 saturated carbocycles. The molecule has 0 bridgehead atoms. The summed E-state index contributed by atoms with van der Waals surface area (Å²) in [6, 6.07) is 22.2. The number of aromatic nitrogens is 1. The lowest BCUT2D eigenvalue weighted by molar-refractivity contribution is -0.127. The number of rotatable bonds is 7. The summed E-state index contributed by atoms with van der Waals surface area (Å²) >= 11 is 0. The van der Waals surface area contributed by atoms with Crippen LogP contribution < -0.4 is 0 Å². The normalized spacial score (nSPS) is 10.9. The molecule has 3 aromatic rings. The summed E-state index contributed by atoms with van der Waals surface area (Å²) in [7, 11) is 0. The standard InChI is InChI=1S/C24H24N2O/c1-2-20-10-12-22(13-11-20)18-26(19-23-9-6-16-25-17-23)24(27)15-14-21-7-4-3-5-8-21/h3-17H,2,18-19H2,1H3. The molecule has 0 unspecified atom stereocenters. The lowest BCUT2D eigenvalue weighted by atomic mass is 10.1. The molecule has 3 heteroatoms. The summed E-state index contributed by atoms with van der Waals surface area (Å²) in [6.45, 7) is 3.24. The maximum atomic E-state index is 12.9. The third kappa shape index (κ3) is 5.65. The number of aryl methyl sites for hydroxylation is 1. The average Bonchev–Trinajstić information content (AvgIpc) is 2.73. The predicted octanol–water partition coefficient (Wildman–Crippen LogP) is 4.89. The second kappa shape index (κ2) is 9.48. The Hall–Kier alpha value is -3.20. The van der Waals surface area contributed by atoms with Gasteiger partial charge in [0, 0.05) is 31.6 Å². The van der Waals surface area contributed by atoms with Crippen LogP contribution in [0.5, 0.6) is 0 Å². The Labute approximate surface area is 161 Å². The number of hydrogen-bond donors (Lipinski definition) is 0. The Morgan fingerprint density at radius 3 is 2.26 bits per heavy atom. The maximum absolute atomic E-state index is 12.9. The number of pyridine rings is 1. The molecule has 2 aromatic carbocycles. The second-order valence-electron chi connectivity index (χ2n) is 6.47. The highest BCUT2D eigenvalue weighted by atomic mass is 16.2. The molecule has 3 rings (SSSR count). The SMILES string of the molecule is CCc1ccc(CN(Cc2cccnc2)C(=O)C=Cc2ccccc2)cc1. The van der Waals surface area contributed by atoms with Gasteiger partial charge in [0.2, 0.25) is 5.91 Å². The summed E-state index contributed by atoms with van der Waals surface area (Å²) in [6.07, 6.45) is 8.07. The van der Waals surface area contributed by atoms with E-state index in [0.29, 0.717) is 13.1 Å². The van der Waals surface area contributed by atoms with Crippen molar-refractivity contribution in [3.8, 4) is 0 Å². The molecule has 0 atom stereocenters. The van der Waals surface area contributed by atoms with Gasteiger partial charge in [-0.05, 0) is 40.8 Å². The van der Waals surface area contributed by atoms with Crippen LogP contribution >= 0.6 is 0 Å². The van der Waals surface area contributed by atoms with Crippen molar-refractivity contribution in [3.63, 3.8) is 0 Å². The lowest BCUT2D eigenvalue weighted by Gasteiger charge is -2.21. The van der Waals surface area contributed by atoms with Crippen LogP contribution in [-0.4, -0.2) is 15.8 Å². The van der Waals surface area contributed by atoms with Crippen LogP contribution in [0.2, 0.25) is 0 Å². The minimum atomic E-state index is -0.0118. The van der Waals surface area contributed by atoms with E-state index in [1.807, 2.05) is 53.4 Å². The zero-order valence-corrected chi connectivity index (χ0v) is 15.6. The van der Waals surface area contributed by atoms with E-state index in [9.17, 15) is 4.79 Å². The van der Waals surface area contributed by atoms with Crippen LogP contribution in [0.1, 0.15) is 29.2 Å². The molecule has 1 heterocycles. The molecule has 0 fully saturated rings. The Morgan fingerprint density at radius 1 is 0.889 bits per heavy atom. The van der Waals surface area contributed by atoms with Gasteiger partial charge in [0.15, 0.2) is 0 Å². The molecule has 3 nitrogen and oxygen atoms in total. The van der Waals surface area contributed by atoms with E-state index in [2.05, 4.69) is 36.2 Å². The minimum Gasteiger partial charge on any atom is -0.330 e. The molecular weight excluding hydrogens is 332 g/mol. The van der Waals surface area contributed by atoms with E-state index in [4.69, 9.17) is 0 Å². The summed E-state index contributed by atoms with van der Waals surface area (Å²) in [4.78, 5) is 18.9. The van der Waals surface area contributed by atoms with Gasteiger partial charge >= 0.3 is 0 Å². The number of benzene rings is 2. The Balaban J connectivity index is 1.77. The lowest BCUT2D eigenvalue weighted by Crippen LogP contribution is -2.28. The molecule has 0 radical (unpaired) electrons. The largest absolute Gasteiger partial charge is 0.330 e. The Morgan fingerprint density at radius 2 is 1.59 bits per heavy atom. The number of hydrogen-bond acceptors (Lipinski definition) is 2. The van der Waals surface area contributed by atoms with Gasteiger partial charge in [-0.15, -0.1) is 0 Å². The van der Waals surface area contributed by atoms with Crippen molar-refractivity contribution in [2.75, 3.05) is 0 Å². The van der Waals surface area contributed by atoms with Crippen molar-refractivity contribution in [2.24, 2.45) is 0 Å². The van der Waals surface area contributed by atoms with Crippen molar-refractivity contribution in [3.05, 3.63) is 107 Å². The molecule has 0 saturated heterocycles. The van der Waals surface area contributed by atoms with Crippen LogP contribution in [0.25, 0.3) is 6.08 Å². The fourth-order valence-corrected chi connectivity index (χ4v) is 2.86. The number of carbonyl (C=O) groups is 1. The highest BCUT2D eigenvalue weighted by Crippen LogP contribution is 2.13. The van der Waals surface area contributed by atoms with Crippen molar-refractivity contribution >= 4 is 12.0 Å². The average molecular weight is 356 g/mol. The van der Waals surface area contributed by atoms with Crippen molar-refractivity contribution < 1.29 is 4.79 Å². The smallest absolute Gasteiger partial charge is 0.247 e. The van der Waals surface area contributed by atoms with Gasteiger partial charge < -0.3 is 4.90 Å². The van der Waals surface area contributed by atoms with Crippen molar-refractivity contribution in [1.82, 2.24) is 9.88 Å². The molecule has 1 aromatic heterocycles. The number of carbonyl (C=O) groups excluding carboxylic acids is 1. The molecule has 0 N–H and O–H groups in total. The quantitative estimate of drug-likeness (QED) is 0.565. The highest BCUT2D eigenvalue weighted by molar-refractivity contribution is 5.91. The van der Waals surface area contributed by atoms with Gasteiger partial charge in [0.25, 0.3) is 0 Å². The van der Waals surface area contributed by atoms with E-state index in [1.54, 1.807) is 18.5 Å². The molecule has 27 heavy (non-hydrogen) atoms. The molecule has 136 valence electrons. The van der Waals surface area contributed by atoms with Gasteiger partial charge in [0.1, 0.15) is 0 Å². The summed E-state index contributed by atoms with van der Waals surface area (Å²) in [5.41, 5.74) is 4.45. The van der Waals surface area contributed by atoms with Crippen molar-refractivity contribution in [2.45, 2.75) is 26.4 Å². The van der Waals surface area contributed by atoms with Gasteiger partial charge in [0.05, 0.1) is 0 Å². The fraction of sp³-hybridized carbons (Fsp3) is 0.167. The van der Waals surface area contributed by atoms with E-state index in [0.717, 1.165) is 23.1 Å². The minimum absolute atomic E-state index is 0.0118. The van der Waals surface area contributed by atoms with Gasteiger partial charge in [-0.1, -0.05) is 67.6 Å². The monoisotopic (exact) mass is 356 g/mol. The first-order valence-corrected chi connectivity index (χ1v) is 9.23. The van der Waals surface area contributed by atoms with Crippen LogP contribution in [0, 0.1) is 0 Å². The Bertz CT molecular complexity index is 871. The molecule has 0 aliphatic rings. The fourth-order valence-electron chi connectivity index (χ4n) is 2.86. The van der Waals surface area contributed by atoms with Crippen molar-refractivity contribution in [1.29, 1.82) is 0 Å². The molecular formula is C24H24N2O. The zero-order chi connectivity index (χ0) is 18.9. The van der Waals surface area contributed by atoms with E-state index in [-0.39, 0.29) is 5.91 Å². The number of amides is 1. The molecule has 0 aliphatic heterocycles. The summed E-state index contributed by atoms with van der Waals surface area (Å²) < 4.78 is 0. The third-order valence-electron chi connectivity index (χ3n) is 4.43. The first kappa shape index (κ1) is 18.6. The van der Waals surface area contributed by atoms with Crippen LogP contribution in [0.15, 0.2) is 85.2 Å². The topological polar surface area (TPSA) is 33.2 Å². The van der Waals surface area contributed by atoms with E-state index < -0.39 is 0 Å². The van der Waals surface area contributed by atoms with Crippen LogP contribution in [-0.2, 0) is 24.3 Å². The Kier molecular flexibility index (Phi) is 6.53. The highest BCUT2D eigenvalue weighted by Gasteiger charge is 2.12. The van der Waals surface area contributed by atoms with E-state index >= 15 is 0 Å². The van der Waals surface area contributed by atoms with E-state index in [1.165, 1.54) is 5.56 Å². The third-order valence-corrected chi connectivity index (χ3v) is 4.43. The summed E-state index contributed by atoms with van der Waals surface area (Å²) in [5, 5.41) is 0. The van der Waals surface area contributed by atoms with Gasteiger partial charge in [-0.25, -0.2) is 0 Å². The van der Waals surface area contributed by atoms with Gasteiger partial charge in [-0.3, -0.25) is 9.78 Å². The summed E-state index contributed by atoms with van der Waals surface area (Å²) in [5.74, 6) is -0.0118. The molecule has 0 aliphatic carbocycles.